The molecule has 0 aliphatic heterocycles. The van der Waals surface area contributed by atoms with Gasteiger partial charge in [-0.05, 0) is 6.07 Å². The van der Waals surface area contributed by atoms with E-state index < -0.39 is 11.9 Å². The van der Waals surface area contributed by atoms with Crippen molar-refractivity contribution < 1.29 is 14.3 Å². The van der Waals surface area contributed by atoms with E-state index in [1.54, 1.807) is 12.1 Å². The van der Waals surface area contributed by atoms with E-state index in [-0.39, 0.29) is 6.54 Å². The summed E-state index contributed by atoms with van der Waals surface area (Å²) in [5, 5.41) is 3.37. The summed E-state index contributed by atoms with van der Waals surface area (Å²) >= 11 is 5.99. The summed E-state index contributed by atoms with van der Waals surface area (Å²) in [6.07, 6.45) is 0. The summed E-state index contributed by atoms with van der Waals surface area (Å²) in [6.45, 7) is 0.189. The number of methoxy groups -OCH3 is 2. The molecule has 1 unspecified atom stereocenters. The van der Waals surface area contributed by atoms with Crippen molar-refractivity contribution in [3.8, 4) is 11.5 Å². The summed E-state index contributed by atoms with van der Waals surface area (Å²) in [4.78, 5) is 10.8. The number of primary amides is 1. The van der Waals surface area contributed by atoms with Crippen LogP contribution in [-0.4, -0.2) is 32.7 Å². The van der Waals surface area contributed by atoms with Gasteiger partial charge < -0.3 is 26.3 Å². The molecule has 0 aromatic heterocycles. The van der Waals surface area contributed by atoms with Gasteiger partial charge in [-0.25, -0.2) is 0 Å². The van der Waals surface area contributed by atoms with Gasteiger partial charge in [-0.15, -0.1) is 0 Å². The summed E-state index contributed by atoms with van der Waals surface area (Å²) in [6, 6.07) is 2.49. The molecular formula is C11H16ClN3O3. The van der Waals surface area contributed by atoms with Crippen LogP contribution in [0.2, 0.25) is 5.02 Å². The van der Waals surface area contributed by atoms with Crippen molar-refractivity contribution in [3.05, 3.63) is 17.2 Å². The normalized spacial score (nSPS) is 11.8. The number of nitrogens with two attached hydrogens (primary N) is 2. The SMILES string of the molecule is COc1cc(OC)c(NCC(N)C(N)=O)cc1Cl. The van der Waals surface area contributed by atoms with Crippen molar-refractivity contribution in [1.29, 1.82) is 0 Å². The molecule has 7 heteroatoms. The largest absolute Gasteiger partial charge is 0.495 e. The first-order valence-electron chi connectivity index (χ1n) is 5.20. The Labute approximate surface area is 110 Å². The first kappa shape index (κ1) is 14.4. The van der Waals surface area contributed by atoms with Crippen molar-refractivity contribution in [2.24, 2.45) is 11.5 Å². The number of carbonyl (C=O) groups excluding carboxylic acids is 1. The summed E-state index contributed by atoms with van der Waals surface area (Å²) in [7, 11) is 3.03. The van der Waals surface area contributed by atoms with Crippen LogP contribution in [0.15, 0.2) is 12.1 Å². The predicted octanol–water partition coefficient (Wildman–Crippen LogP) is 0.582. The zero-order chi connectivity index (χ0) is 13.7. The molecule has 0 saturated heterocycles. The smallest absolute Gasteiger partial charge is 0.236 e. The Morgan fingerprint density at radius 2 is 2.00 bits per heavy atom. The molecule has 1 aromatic carbocycles. The van der Waals surface area contributed by atoms with Crippen LogP contribution in [0.3, 0.4) is 0 Å². The number of ether oxygens (including phenoxy) is 2. The van der Waals surface area contributed by atoms with Crippen LogP contribution >= 0.6 is 11.6 Å². The van der Waals surface area contributed by atoms with Gasteiger partial charge in [0.05, 0.1) is 24.9 Å². The van der Waals surface area contributed by atoms with Gasteiger partial charge in [0.1, 0.15) is 17.5 Å². The van der Waals surface area contributed by atoms with Crippen LogP contribution in [0.1, 0.15) is 0 Å². The van der Waals surface area contributed by atoms with E-state index in [0.29, 0.717) is 22.2 Å². The zero-order valence-corrected chi connectivity index (χ0v) is 11.0. The molecular weight excluding hydrogens is 258 g/mol. The lowest BCUT2D eigenvalue weighted by Crippen LogP contribution is -2.41. The number of hydrogen-bond donors (Lipinski definition) is 3. The average Bonchev–Trinajstić information content (AvgIpc) is 2.35. The van der Waals surface area contributed by atoms with E-state index >= 15 is 0 Å². The maximum Gasteiger partial charge on any atom is 0.236 e. The van der Waals surface area contributed by atoms with Gasteiger partial charge >= 0.3 is 0 Å². The number of halogens is 1. The number of hydrogen-bond acceptors (Lipinski definition) is 5. The molecule has 0 bridgehead atoms. The summed E-state index contributed by atoms with van der Waals surface area (Å²) < 4.78 is 10.2. The van der Waals surface area contributed by atoms with Crippen LogP contribution in [0.25, 0.3) is 0 Å². The maximum absolute atomic E-state index is 10.8. The predicted molar refractivity (Wildman–Crippen MR) is 70.2 cm³/mol. The highest BCUT2D eigenvalue weighted by molar-refractivity contribution is 6.32. The molecule has 1 atom stereocenters. The Hall–Kier alpha value is -1.66. The average molecular weight is 274 g/mol. The molecule has 0 radical (unpaired) electrons. The topological polar surface area (TPSA) is 99.6 Å². The van der Waals surface area contributed by atoms with Gasteiger partial charge in [-0.3, -0.25) is 4.79 Å². The number of anilines is 1. The molecule has 0 aliphatic carbocycles. The van der Waals surface area contributed by atoms with Gasteiger partial charge in [0, 0.05) is 12.6 Å². The third-order valence-electron chi connectivity index (χ3n) is 2.35. The Kier molecular flexibility index (Phi) is 5.06. The highest BCUT2D eigenvalue weighted by Crippen LogP contribution is 2.35. The minimum Gasteiger partial charge on any atom is -0.495 e. The number of rotatable bonds is 6. The molecule has 1 amide bonds. The number of nitrogens with one attached hydrogen (secondary N) is 1. The second kappa shape index (κ2) is 6.32. The van der Waals surface area contributed by atoms with Crippen LogP contribution in [0.5, 0.6) is 11.5 Å². The van der Waals surface area contributed by atoms with E-state index in [2.05, 4.69) is 5.32 Å². The molecule has 18 heavy (non-hydrogen) atoms. The fourth-order valence-electron chi connectivity index (χ4n) is 1.32. The zero-order valence-electron chi connectivity index (χ0n) is 10.2. The third-order valence-corrected chi connectivity index (χ3v) is 2.65. The summed E-state index contributed by atoms with van der Waals surface area (Å²) in [5.74, 6) is 0.451. The second-order valence-corrected chi connectivity index (χ2v) is 3.98. The molecule has 0 fully saturated rings. The molecule has 100 valence electrons. The molecule has 0 heterocycles. The van der Waals surface area contributed by atoms with Gasteiger partial charge in [0.25, 0.3) is 0 Å². The van der Waals surface area contributed by atoms with Gasteiger partial charge in [0.2, 0.25) is 5.91 Å². The Bertz CT molecular complexity index is 440. The first-order chi connectivity index (χ1) is 8.49. The lowest BCUT2D eigenvalue weighted by molar-refractivity contribution is -0.118. The van der Waals surface area contributed by atoms with Crippen LogP contribution < -0.4 is 26.3 Å². The highest BCUT2D eigenvalue weighted by atomic mass is 35.5. The molecule has 1 aromatic rings. The van der Waals surface area contributed by atoms with Crippen LogP contribution in [0.4, 0.5) is 5.69 Å². The number of benzene rings is 1. The molecule has 0 aliphatic rings. The molecule has 5 N–H and O–H groups in total. The van der Waals surface area contributed by atoms with Crippen molar-refractivity contribution in [3.63, 3.8) is 0 Å². The Balaban J connectivity index is 2.88. The Morgan fingerprint density at radius 1 is 1.39 bits per heavy atom. The van der Waals surface area contributed by atoms with Gasteiger partial charge in [0.15, 0.2) is 0 Å². The van der Waals surface area contributed by atoms with E-state index in [1.165, 1.54) is 14.2 Å². The van der Waals surface area contributed by atoms with Crippen LogP contribution in [0, 0.1) is 0 Å². The van der Waals surface area contributed by atoms with E-state index in [9.17, 15) is 4.79 Å². The fourth-order valence-corrected chi connectivity index (χ4v) is 1.56. The lowest BCUT2D eigenvalue weighted by Gasteiger charge is -2.15. The molecule has 1 rings (SSSR count). The van der Waals surface area contributed by atoms with Crippen molar-refractivity contribution >= 4 is 23.2 Å². The monoisotopic (exact) mass is 273 g/mol. The van der Waals surface area contributed by atoms with Crippen molar-refractivity contribution in [1.82, 2.24) is 0 Å². The van der Waals surface area contributed by atoms with E-state index in [4.69, 9.17) is 32.5 Å². The van der Waals surface area contributed by atoms with Gasteiger partial charge in [-0.2, -0.15) is 0 Å². The van der Waals surface area contributed by atoms with E-state index in [0.717, 1.165) is 0 Å². The standard InChI is InChI=1S/C11H16ClN3O3/c1-17-9-4-10(18-2)8(3-6(9)12)15-5-7(13)11(14)16/h3-4,7,15H,5,13H2,1-2H3,(H2,14,16). The van der Waals surface area contributed by atoms with E-state index in [1.807, 2.05) is 0 Å². The number of amides is 1. The van der Waals surface area contributed by atoms with Gasteiger partial charge in [-0.1, -0.05) is 11.6 Å². The summed E-state index contributed by atoms with van der Waals surface area (Å²) in [5.41, 5.74) is 11.2. The van der Waals surface area contributed by atoms with Crippen LogP contribution in [-0.2, 0) is 4.79 Å². The minimum absolute atomic E-state index is 0.189. The molecule has 6 nitrogen and oxygen atoms in total. The number of carbonyl (C=O) groups is 1. The molecule has 0 spiro atoms. The lowest BCUT2D eigenvalue weighted by atomic mass is 10.2. The third kappa shape index (κ3) is 3.41. The highest BCUT2D eigenvalue weighted by Gasteiger charge is 2.13. The van der Waals surface area contributed by atoms with Crippen molar-refractivity contribution in [2.45, 2.75) is 6.04 Å². The quantitative estimate of drug-likeness (QED) is 0.704. The molecule has 0 saturated carbocycles. The second-order valence-electron chi connectivity index (χ2n) is 3.58. The first-order valence-corrected chi connectivity index (χ1v) is 5.57. The van der Waals surface area contributed by atoms with Crippen molar-refractivity contribution in [2.75, 3.05) is 26.1 Å². The fraction of sp³-hybridized carbons (Fsp3) is 0.364. The minimum atomic E-state index is -0.782. The Morgan fingerprint density at radius 3 is 2.50 bits per heavy atom. The maximum atomic E-state index is 10.8.